The molecule has 0 unspecified atom stereocenters. The van der Waals surface area contributed by atoms with Crippen LogP contribution in [0.4, 0.5) is 5.69 Å². The largest absolute Gasteiger partial charge is 0.463 e. The van der Waals surface area contributed by atoms with Crippen LogP contribution in [0, 0.1) is 0 Å². The number of hydrogen-bond acceptors (Lipinski definition) is 6. The Morgan fingerprint density at radius 1 is 1.50 bits per heavy atom. The Hall–Kier alpha value is -2.28. The van der Waals surface area contributed by atoms with Crippen LogP contribution in [0.1, 0.15) is 16.1 Å². The summed E-state index contributed by atoms with van der Waals surface area (Å²) in [5.74, 6) is -0.269. The van der Waals surface area contributed by atoms with E-state index in [1.54, 1.807) is 24.1 Å². The maximum atomic E-state index is 11.5. The van der Waals surface area contributed by atoms with Crippen LogP contribution in [0.15, 0.2) is 29.1 Å². The van der Waals surface area contributed by atoms with Crippen LogP contribution in [-0.4, -0.2) is 36.6 Å². The van der Waals surface area contributed by atoms with Gasteiger partial charge in [0.15, 0.2) is 0 Å². The summed E-state index contributed by atoms with van der Waals surface area (Å²) in [6.07, 6.45) is 5.05. The number of rotatable bonds is 7. The fourth-order valence-corrected chi connectivity index (χ4v) is 1.71. The Morgan fingerprint density at radius 3 is 3.10 bits per heavy atom. The van der Waals surface area contributed by atoms with Gasteiger partial charge in [0.05, 0.1) is 38.4 Å². The predicted octanol–water partition coefficient (Wildman–Crippen LogP) is 1.52. The zero-order chi connectivity index (χ0) is 14.4. The van der Waals surface area contributed by atoms with E-state index in [9.17, 15) is 4.79 Å². The highest BCUT2D eigenvalue weighted by atomic mass is 16.5. The van der Waals surface area contributed by atoms with Crippen LogP contribution < -0.4 is 5.32 Å². The first kappa shape index (κ1) is 14.1. The van der Waals surface area contributed by atoms with Gasteiger partial charge < -0.3 is 19.2 Å². The van der Waals surface area contributed by atoms with Crippen molar-refractivity contribution in [1.82, 2.24) is 9.78 Å². The first-order chi connectivity index (χ1) is 9.74. The third-order valence-corrected chi connectivity index (χ3v) is 2.76. The van der Waals surface area contributed by atoms with Gasteiger partial charge in [-0.15, -0.1) is 0 Å². The van der Waals surface area contributed by atoms with Crippen molar-refractivity contribution in [3.05, 3.63) is 36.0 Å². The molecule has 0 amide bonds. The maximum Gasteiger partial charge on any atom is 0.374 e. The lowest BCUT2D eigenvalue weighted by atomic mass is 10.2. The molecule has 0 aliphatic heterocycles. The van der Waals surface area contributed by atoms with E-state index in [0.29, 0.717) is 19.7 Å². The van der Waals surface area contributed by atoms with E-state index >= 15 is 0 Å². The number of aromatic nitrogens is 2. The number of esters is 1. The van der Waals surface area contributed by atoms with E-state index in [0.717, 1.165) is 11.3 Å². The van der Waals surface area contributed by atoms with Crippen LogP contribution >= 0.6 is 0 Å². The number of hydrogen-bond donors (Lipinski definition) is 1. The molecule has 108 valence electrons. The zero-order valence-electron chi connectivity index (χ0n) is 11.5. The van der Waals surface area contributed by atoms with E-state index in [1.165, 1.54) is 13.4 Å². The first-order valence-corrected chi connectivity index (χ1v) is 6.14. The van der Waals surface area contributed by atoms with Gasteiger partial charge in [0, 0.05) is 25.4 Å². The van der Waals surface area contributed by atoms with Crippen molar-refractivity contribution in [2.75, 3.05) is 26.1 Å². The number of ether oxygens (including phenoxy) is 2. The van der Waals surface area contributed by atoms with Gasteiger partial charge in [0.2, 0.25) is 5.76 Å². The van der Waals surface area contributed by atoms with E-state index < -0.39 is 5.97 Å². The molecule has 0 fully saturated rings. The topological polar surface area (TPSA) is 78.5 Å². The van der Waals surface area contributed by atoms with Crippen molar-refractivity contribution in [2.45, 2.75) is 13.1 Å². The number of furan rings is 1. The summed E-state index contributed by atoms with van der Waals surface area (Å²) >= 11 is 0. The Kier molecular flexibility index (Phi) is 4.78. The molecule has 0 aromatic carbocycles. The summed E-state index contributed by atoms with van der Waals surface area (Å²) in [5, 5.41) is 7.36. The Balaban J connectivity index is 1.93. The number of carbonyl (C=O) groups excluding carboxylic acids is 1. The fourth-order valence-electron chi connectivity index (χ4n) is 1.71. The average Bonchev–Trinajstić information content (AvgIpc) is 3.10. The molecule has 2 aromatic rings. The van der Waals surface area contributed by atoms with Gasteiger partial charge >= 0.3 is 5.97 Å². The second-order valence-electron chi connectivity index (χ2n) is 4.10. The van der Waals surface area contributed by atoms with E-state index in [-0.39, 0.29) is 5.76 Å². The van der Waals surface area contributed by atoms with Gasteiger partial charge in [0.1, 0.15) is 0 Å². The second kappa shape index (κ2) is 6.76. The minimum Gasteiger partial charge on any atom is -0.463 e. The minimum atomic E-state index is -0.484. The molecule has 2 rings (SSSR count). The first-order valence-electron chi connectivity index (χ1n) is 6.14. The molecule has 0 aliphatic carbocycles. The highest BCUT2D eigenvalue weighted by Crippen LogP contribution is 2.14. The van der Waals surface area contributed by atoms with E-state index in [2.05, 4.69) is 15.2 Å². The molecule has 7 nitrogen and oxygen atoms in total. The van der Waals surface area contributed by atoms with Crippen LogP contribution in [0.3, 0.4) is 0 Å². The van der Waals surface area contributed by atoms with Crippen LogP contribution in [0.2, 0.25) is 0 Å². The monoisotopic (exact) mass is 279 g/mol. The molecule has 20 heavy (non-hydrogen) atoms. The second-order valence-corrected chi connectivity index (χ2v) is 4.10. The average molecular weight is 279 g/mol. The molecular weight excluding hydrogens is 262 g/mol. The quantitative estimate of drug-likeness (QED) is 0.774. The molecule has 2 aromatic heterocycles. The van der Waals surface area contributed by atoms with Gasteiger partial charge in [-0.25, -0.2) is 4.79 Å². The van der Waals surface area contributed by atoms with Crippen molar-refractivity contribution in [3.63, 3.8) is 0 Å². The maximum absolute atomic E-state index is 11.5. The van der Waals surface area contributed by atoms with Crippen LogP contribution in [0.5, 0.6) is 0 Å². The Labute approximate surface area is 116 Å². The SMILES string of the molecule is COCCn1cc(NCc2ccoc2C(=O)OC)cn1. The van der Waals surface area contributed by atoms with E-state index in [1.807, 2.05) is 6.20 Å². The van der Waals surface area contributed by atoms with Crippen molar-refractivity contribution in [3.8, 4) is 0 Å². The number of anilines is 1. The third kappa shape index (κ3) is 3.39. The molecule has 2 heterocycles. The molecule has 0 aliphatic rings. The van der Waals surface area contributed by atoms with Crippen LogP contribution in [0.25, 0.3) is 0 Å². The van der Waals surface area contributed by atoms with Crippen LogP contribution in [-0.2, 0) is 22.6 Å². The predicted molar refractivity (Wildman–Crippen MR) is 71.5 cm³/mol. The zero-order valence-corrected chi connectivity index (χ0v) is 11.5. The van der Waals surface area contributed by atoms with Crippen molar-refractivity contribution in [2.24, 2.45) is 0 Å². The summed E-state index contributed by atoms with van der Waals surface area (Å²) in [5.41, 5.74) is 1.60. The molecule has 7 heteroatoms. The highest BCUT2D eigenvalue weighted by molar-refractivity contribution is 5.87. The normalized spacial score (nSPS) is 10.5. The number of nitrogens with zero attached hydrogens (tertiary/aromatic N) is 2. The number of methoxy groups -OCH3 is 2. The highest BCUT2D eigenvalue weighted by Gasteiger charge is 2.15. The lowest BCUT2D eigenvalue weighted by Gasteiger charge is -2.03. The summed E-state index contributed by atoms with van der Waals surface area (Å²) in [7, 11) is 2.97. The van der Waals surface area contributed by atoms with E-state index in [4.69, 9.17) is 9.15 Å². The lowest BCUT2D eigenvalue weighted by molar-refractivity contribution is 0.0563. The number of nitrogens with one attached hydrogen (secondary N) is 1. The van der Waals surface area contributed by atoms with Gasteiger partial charge in [-0.2, -0.15) is 5.10 Å². The summed E-state index contributed by atoms with van der Waals surface area (Å²) in [6.45, 7) is 1.75. The molecular formula is C13H17N3O4. The molecule has 0 radical (unpaired) electrons. The summed E-state index contributed by atoms with van der Waals surface area (Å²) in [6, 6.07) is 1.73. The van der Waals surface area contributed by atoms with Gasteiger partial charge in [-0.3, -0.25) is 4.68 Å². The van der Waals surface area contributed by atoms with Crippen molar-refractivity contribution >= 4 is 11.7 Å². The molecule has 0 saturated heterocycles. The lowest BCUT2D eigenvalue weighted by Crippen LogP contribution is -2.06. The van der Waals surface area contributed by atoms with Crippen molar-refractivity contribution < 1.29 is 18.7 Å². The van der Waals surface area contributed by atoms with Gasteiger partial charge in [-0.05, 0) is 6.07 Å². The smallest absolute Gasteiger partial charge is 0.374 e. The van der Waals surface area contributed by atoms with Gasteiger partial charge in [-0.1, -0.05) is 0 Å². The number of carbonyl (C=O) groups is 1. The molecule has 0 spiro atoms. The molecule has 0 saturated carbocycles. The summed E-state index contributed by atoms with van der Waals surface area (Å²) < 4.78 is 16.5. The fraction of sp³-hybridized carbons (Fsp3) is 0.385. The third-order valence-electron chi connectivity index (χ3n) is 2.76. The van der Waals surface area contributed by atoms with Gasteiger partial charge in [0.25, 0.3) is 0 Å². The molecule has 0 atom stereocenters. The van der Waals surface area contributed by atoms with Crippen molar-refractivity contribution in [1.29, 1.82) is 0 Å². The minimum absolute atomic E-state index is 0.215. The molecule has 1 N–H and O–H groups in total. The Morgan fingerprint density at radius 2 is 2.35 bits per heavy atom. The summed E-state index contributed by atoms with van der Waals surface area (Å²) in [4.78, 5) is 11.5. The standard InChI is InChI=1S/C13H17N3O4/c1-18-6-4-16-9-11(8-15-16)14-7-10-3-5-20-12(10)13(17)19-2/h3,5,8-9,14H,4,6-7H2,1-2H3. The Bertz CT molecular complexity index is 561. The molecule has 0 bridgehead atoms.